The van der Waals surface area contributed by atoms with Crippen LogP contribution in [-0.2, 0) is 19.1 Å². The number of esters is 1. The van der Waals surface area contributed by atoms with Crippen molar-refractivity contribution in [2.45, 2.75) is 43.8 Å². The Morgan fingerprint density at radius 1 is 1.32 bits per heavy atom. The third-order valence-corrected chi connectivity index (χ3v) is 5.12. The Kier molecular flexibility index (Phi) is 3.96. The van der Waals surface area contributed by atoms with Crippen LogP contribution in [0.1, 0.15) is 36.3 Å². The molecule has 0 N–H and O–H groups in total. The van der Waals surface area contributed by atoms with Crippen molar-refractivity contribution in [2.75, 3.05) is 7.11 Å². The quantitative estimate of drug-likeness (QED) is 0.610. The zero-order valence-corrected chi connectivity index (χ0v) is 13.8. The molecule has 1 saturated heterocycles. The van der Waals surface area contributed by atoms with E-state index in [0.717, 1.165) is 0 Å². The second-order valence-corrected chi connectivity index (χ2v) is 6.77. The Labute approximate surface area is 138 Å². The summed E-state index contributed by atoms with van der Waals surface area (Å²) in [6, 6.07) is 3.24. The summed E-state index contributed by atoms with van der Waals surface area (Å²) < 4.78 is 10.8. The average molecular weight is 343 g/mol. The van der Waals surface area contributed by atoms with E-state index in [1.54, 1.807) is 26.2 Å². The van der Waals surface area contributed by atoms with Crippen LogP contribution < -0.4 is 0 Å². The first-order chi connectivity index (χ1) is 10.4. The number of hydrogen-bond acceptors (Lipinski definition) is 4. The molecule has 3 unspecified atom stereocenters. The first kappa shape index (κ1) is 15.8. The van der Waals surface area contributed by atoms with Gasteiger partial charge in [0.2, 0.25) is 0 Å². The fraction of sp³-hybridized carbons (Fsp3) is 0.500. The summed E-state index contributed by atoms with van der Waals surface area (Å²) in [5.41, 5.74) is 0.155. The van der Waals surface area contributed by atoms with Crippen molar-refractivity contribution in [3.05, 3.63) is 33.3 Å². The smallest absolute Gasteiger partial charge is 0.322 e. The number of ether oxygens (including phenoxy) is 2. The molecular formula is C16H16Cl2O4. The normalized spacial score (nSPS) is 31.1. The summed E-state index contributed by atoms with van der Waals surface area (Å²) in [5.74, 6) is -1.72. The molecule has 6 heteroatoms. The van der Waals surface area contributed by atoms with E-state index in [-0.39, 0.29) is 11.9 Å². The molecule has 1 aliphatic heterocycles. The molecule has 1 aromatic carbocycles. The first-order valence-electron chi connectivity index (χ1n) is 7.13. The van der Waals surface area contributed by atoms with Crippen LogP contribution in [-0.4, -0.2) is 30.6 Å². The van der Waals surface area contributed by atoms with E-state index >= 15 is 0 Å². The van der Waals surface area contributed by atoms with Gasteiger partial charge < -0.3 is 9.47 Å². The fourth-order valence-electron chi connectivity index (χ4n) is 3.48. The third kappa shape index (κ3) is 2.34. The van der Waals surface area contributed by atoms with Crippen LogP contribution in [0.2, 0.25) is 10.0 Å². The van der Waals surface area contributed by atoms with Crippen LogP contribution in [0.4, 0.5) is 0 Å². The minimum absolute atomic E-state index is 0.0581. The number of carbonyl (C=O) groups excluding carboxylic acids is 2. The third-order valence-electron chi connectivity index (χ3n) is 4.59. The predicted octanol–water partition coefficient (Wildman–Crippen LogP) is 3.45. The number of benzene rings is 1. The molecule has 0 amide bonds. The van der Waals surface area contributed by atoms with Crippen molar-refractivity contribution >= 4 is 35.0 Å². The van der Waals surface area contributed by atoms with Gasteiger partial charge in [0.05, 0.1) is 6.10 Å². The summed E-state index contributed by atoms with van der Waals surface area (Å²) in [6.07, 6.45) is 1.55. The number of methoxy groups -OCH3 is 1. The molecule has 0 aromatic heterocycles. The number of rotatable bonds is 2. The number of hydrogen-bond donors (Lipinski definition) is 0. The van der Waals surface area contributed by atoms with E-state index in [2.05, 4.69) is 0 Å². The molecule has 22 heavy (non-hydrogen) atoms. The van der Waals surface area contributed by atoms with Gasteiger partial charge in [0.15, 0.2) is 11.4 Å². The lowest BCUT2D eigenvalue weighted by Crippen LogP contribution is -2.35. The molecule has 1 spiro atoms. The highest BCUT2D eigenvalue weighted by atomic mass is 35.5. The van der Waals surface area contributed by atoms with Gasteiger partial charge in [-0.25, -0.2) is 0 Å². The van der Waals surface area contributed by atoms with E-state index in [1.807, 2.05) is 0 Å². The van der Waals surface area contributed by atoms with E-state index in [4.69, 9.17) is 32.7 Å². The second-order valence-electron chi connectivity index (χ2n) is 5.93. The maximum atomic E-state index is 12.9. The van der Waals surface area contributed by atoms with Crippen molar-refractivity contribution in [1.29, 1.82) is 0 Å². The summed E-state index contributed by atoms with van der Waals surface area (Å²) >= 11 is 12.2. The molecule has 3 rings (SSSR count). The van der Waals surface area contributed by atoms with Gasteiger partial charge in [0.1, 0.15) is 5.92 Å². The van der Waals surface area contributed by atoms with E-state index in [1.165, 1.54) is 0 Å². The SMILES string of the molecule is COC1CCC2(C1)OC(=O)C(c1c(C)cc(Cl)cc1Cl)C2=O. The number of halogens is 2. The van der Waals surface area contributed by atoms with Crippen molar-refractivity contribution in [3.8, 4) is 0 Å². The average Bonchev–Trinajstić information content (AvgIpc) is 2.95. The van der Waals surface area contributed by atoms with E-state index in [9.17, 15) is 9.59 Å². The summed E-state index contributed by atoms with van der Waals surface area (Å²) in [6.45, 7) is 1.78. The van der Waals surface area contributed by atoms with Gasteiger partial charge in [0.25, 0.3) is 0 Å². The Morgan fingerprint density at radius 3 is 2.64 bits per heavy atom. The van der Waals surface area contributed by atoms with Gasteiger partial charge in [-0.3, -0.25) is 9.59 Å². The first-order valence-corrected chi connectivity index (χ1v) is 7.89. The maximum absolute atomic E-state index is 12.9. The molecule has 4 nitrogen and oxygen atoms in total. The van der Waals surface area contributed by atoms with Crippen molar-refractivity contribution in [2.24, 2.45) is 0 Å². The van der Waals surface area contributed by atoms with Crippen LogP contribution in [0.15, 0.2) is 12.1 Å². The Bertz CT molecular complexity index is 635. The molecule has 2 aliphatic rings. The van der Waals surface area contributed by atoms with Gasteiger partial charge >= 0.3 is 5.97 Å². The van der Waals surface area contributed by atoms with Crippen LogP contribution in [0.25, 0.3) is 0 Å². The summed E-state index contributed by atoms with van der Waals surface area (Å²) in [5, 5.41) is 0.790. The van der Waals surface area contributed by atoms with Gasteiger partial charge in [-0.2, -0.15) is 0 Å². The summed E-state index contributed by atoms with van der Waals surface area (Å²) in [4.78, 5) is 25.3. The molecular weight excluding hydrogens is 327 g/mol. The molecule has 1 aromatic rings. The number of Topliss-reactive ketones (excluding diaryl/α,β-unsaturated/α-hetero) is 1. The molecule has 1 aliphatic carbocycles. The zero-order valence-electron chi connectivity index (χ0n) is 12.3. The van der Waals surface area contributed by atoms with Gasteiger partial charge in [-0.1, -0.05) is 23.2 Å². The number of aryl methyl sites for hydroxylation is 1. The van der Waals surface area contributed by atoms with Crippen molar-refractivity contribution < 1.29 is 19.1 Å². The molecule has 1 heterocycles. The van der Waals surface area contributed by atoms with Gasteiger partial charge in [0, 0.05) is 23.6 Å². The molecule has 0 bridgehead atoms. The fourth-order valence-corrected chi connectivity index (χ4v) is 4.19. The monoisotopic (exact) mass is 342 g/mol. The topological polar surface area (TPSA) is 52.6 Å². The zero-order chi connectivity index (χ0) is 16.1. The van der Waals surface area contributed by atoms with E-state index in [0.29, 0.717) is 40.4 Å². The molecule has 1 saturated carbocycles. The van der Waals surface area contributed by atoms with Crippen LogP contribution in [0.3, 0.4) is 0 Å². The summed E-state index contributed by atoms with van der Waals surface area (Å²) in [7, 11) is 1.60. The highest BCUT2D eigenvalue weighted by molar-refractivity contribution is 6.36. The highest BCUT2D eigenvalue weighted by Crippen LogP contribution is 2.47. The second kappa shape index (κ2) is 5.52. The van der Waals surface area contributed by atoms with Crippen molar-refractivity contribution in [3.63, 3.8) is 0 Å². The Balaban J connectivity index is 2.00. The number of ketones is 1. The lowest BCUT2D eigenvalue weighted by atomic mass is 9.85. The van der Waals surface area contributed by atoms with Crippen LogP contribution in [0, 0.1) is 6.92 Å². The number of carbonyl (C=O) groups is 2. The minimum Gasteiger partial charge on any atom is -0.450 e. The van der Waals surface area contributed by atoms with E-state index < -0.39 is 17.5 Å². The molecule has 2 fully saturated rings. The lowest BCUT2D eigenvalue weighted by molar-refractivity contribution is -0.152. The Morgan fingerprint density at radius 2 is 2.05 bits per heavy atom. The van der Waals surface area contributed by atoms with Crippen LogP contribution in [0.5, 0.6) is 0 Å². The standard InChI is InChI=1S/C16H16Cl2O4/c1-8-5-9(17)6-11(18)12(8)13-14(19)16(22-15(13)20)4-3-10(7-16)21-2/h5-6,10,13H,3-4,7H2,1-2H3. The highest BCUT2D eigenvalue weighted by Gasteiger charge is 2.59. The molecule has 3 atom stereocenters. The largest absolute Gasteiger partial charge is 0.450 e. The van der Waals surface area contributed by atoms with Gasteiger partial charge in [-0.15, -0.1) is 0 Å². The predicted molar refractivity (Wildman–Crippen MR) is 82.4 cm³/mol. The molecule has 0 radical (unpaired) electrons. The maximum Gasteiger partial charge on any atom is 0.322 e. The van der Waals surface area contributed by atoms with Gasteiger partial charge in [-0.05, 0) is 43.0 Å². The Hall–Kier alpha value is -1.10. The molecule has 118 valence electrons. The lowest BCUT2D eigenvalue weighted by Gasteiger charge is -2.20. The van der Waals surface area contributed by atoms with Crippen molar-refractivity contribution in [1.82, 2.24) is 0 Å². The van der Waals surface area contributed by atoms with Crippen LogP contribution >= 0.6 is 23.2 Å². The minimum atomic E-state index is -1.06.